The Morgan fingerprint density at radius 2 is 2.03 bits per heavy atom. The highest BCUT2D eigenvalue weighted by molar-refractivity contribution is 7.99. The highest BCUT2D eigenvalue weighted by atomic mass is 32.2. The first-order valence-electron chi connectivity index (χ1n) is 9.59. The third-order valence-electron chi connectivity index (χ3n) is 5.10. The van der Waals surface area contributed by atoms with Gasteiger partial charge in [-0.3, -0.25) is 4.90 Å². The van der Waals surface area contributed by atoms with Crippen LogP contribution in [0.25, 0.3) is 21.8 Å². The van der Waals surface area contributed by atoms with Crippen LogP contribution in [-0.4, -0.2) is 56.0 Å². The Labute approximate surface area is 181 Å². The van der Waals surface area contributed by atoms with Crippen molar-refractivity contribution in [2.75, 3.05) is 32.1 Å². The lowest BCUT2D eigenvalue weighted by molar-refractivity contribution is 0.0330. The van der Waals surface area contributed by atoms with Gasteiger partial charge in [0.25, 0.3) is 0 Å². The van der Waals surface area contributed by atoms with Crippen LogP contribution in [0.3, 0.4) is 0 Å². The van der Waals surface area contributed by atoms with E-state index in [2.05, 4.69) is 28.9 Å². The van der Waals surface area contributed by atoms with Gasteiger partial charge in [0.1, 0.15) is 15.7 Å². The van der Waals surface area contributed by atoms with E-state index in [1.165, 1.54) is 26.9 Å². The van der Waals surface area contributed by atoms with Gasteiger partial charge in [-0.05, 0) is 43.3 Å². The molecule has 0 atom stereocenters. The van der Waals surface area contributed by atoms with Crippen LogP contribution in [0.5, 0.6) is 0 Å². The van der Waals surface area contributed by atoms with Crippen molar-refractivity contribution >= 4 is 33.3 Å². The lowest BCUT2D eigenvalue weighted by atomic mass is 10.2. The molecule has 156 valence electrons. The number of ether oxygens (including phenoxy) is 1. The first-order valence-corrected chi connectivity index (χ1v) is 11.2. The molecule has 4 aromatic heterocycles. The van der Waals surface area contributed by atoms with Gasteiger partial charge in [-0.15, -0.1) is 21.5 Å². The van der Waals surface area contributed by atoms with Crippen molar-refractivity contribution in [1.82, 2.24) is 29.7 Å². The molecular formula is C19H21N7O2S2. The molecule has 2 N–H and O–H groups in total. The molecule has 30 heavy (non-hydrogen) atoms. The van der Waals surface area contributed by atoms with Gasteiger partial charge in [-0.1, -0.05) is 0 Å². The summed E-state index contributed by atoms with van der Waals surface area (Å²) in [6, 6.07) is 3.59. The first kappa shape index (κ1) is 19.5. The second-order valence-corrected chi connectivity index (χ2v) is 9.21. The Morgan fingerprint density at radius 1 is 1.20 bits per heavy atom. The molecule has 0 unspecified atom stereocenters. The third kappa shape index (κ3) is 3.58. The molecule has 0 amide bonds. The Balaban J connectivity index is 1.52. The second-order valence-electron chi connectivity index (χ2n) is 7.05. The third-order valence-corrected chi connectivity index (χ3v) is 7.16. The molecule has 4 aromatic rings. The number of hydrogen-bond acceptors (Lipinski definition) is 10. The number of aryl methyl sites for hydroxylation is 2. The van der Waals surface area contributed by atoms with Crippen LogP contribution in [0, 0.1) is 13.8 Å². The molecule has 0 bridgehead atoms. The van der Waals surface area contributed by atoms with Gasteiger partial charge in [-0.25, -0.2) is 14.6 Å². The number of fused-ring (bicyclic) bond motifs is 1. The fourth-order valence-corrected chi connectivity index (χ4v) is 5.42. The molecule has 1 aliphatic rings. The standard InChI is InChI=1S/C19H21N7O2S2/c1-11-12(2)29-17-15(11)18(22-14(21-17)10-25-5-8-27-9-6-25)30-19-24-23-16(26(19)20)13-4-3-7-28-13/h3-4,7H,5-6,8-10,20H2,1-2H3. The highest BCUT2D eigenvalue weighted by Crippen LogP contribution is 2.38. The normalized spacial score (nSPS) is 15.3. The van der Waals surface area contributed by atoms with Crippen molar-refractivity contribution in [3.8, 4) is 11.6 Å². The molecular weight excluding hydrogens is 422 g/mol. The summed E-state index contributed by atoms with van der Waals surface area (Å²) in [7, 11) is 0. The number of rotatable bonds is 5. The van der Waals surface area contributed by atoms with Crippen molar-refractivity contribution < 1.29 is 9.15 Å². The maximum atomic E-state index is 6.27. The minimum Gasteiger partial charge on any atom is -0.461 e. The molecule has 0 aromatic carbocycles. The summed E-state index contributed by atoms with van der Waals surface area (Å²) in [5, 5.41) is 10.9. The summed E-state index contributed by atoms with van der Waals surface area (Å²) in [6.45, 7) is 8.16. The number of nitrogens with two attached hydrogens (primary N) is 1. The van der Waals surface area contributed by atoms with Crippen molar-refractivity contribution in [2.24, 2.45) is 0 Å². The number of aromatic nitrogens is 5. The predicted octanol–water partition coefficient (Wildman–Crippen LogP) is 2.86. The fourth-order valence-electron chi connectivity index (χ4n) is 3.37. The number of nitrogen functional groups attached to an aromatic ring is 1. The molecule has 0 saturated carbocycles. The highest BCUT2D eigenvalue weighted by Gasteiger charge is 2.21. The van der Waals surface area contributed by atoms with Gasteiger partial charge >= 0.3 is 0 Å². The monoisotopic (exact) mass is 443 g/mol. The minimum atomic E-state index is 0.472. The van der Waals surface area contributed by atoms with E-state index in [0.29, 0.717) is 23.3 Å². The van der Waals surface area contributed by atoms with Gasteiger partial charge in [0.05, 0.1) is 26.0 Å². The van der Waals surface area contributed by atoms with Crippen LogP contribution >= 0.6 is 23.1 Å². The fraction of sp³-hybridized carbons (Fsp3) is 0.368. The Kier molecular flexibility index (Phi) is 5.19. The zero-order chi connectivity index (χ0) is 20.7. The average Bonchev–Trinajstić information content (AvgIpc) is 3.44. The van der Waals surface area contributed by atoms with E-state index in [4.69, 9.17) is 25.0 Å². The van der Waals surface area contributed by atoms with Gasteiger partial charge < -0.3 is 15.0 Å². The Bertz CT molecular complexity index is 1180. The SMILES string of the molecule is Cc1sc2nc(CN3CCOCC3)nc(Sc3nnc(-c4ccco4)n3N)c2c1C. The first-order chi connectivity index (χ1) is 14.6. The summed E-state index contributed by atoms with van der Waals surface area (Å²) in [4.78, 5) is 14.3. The maximum absolute atomic E-state index is 6.27. The summed E-state index contributed by atoms with van der Waals surface area (Å²) in [5.74, 6) is 8.10. The number of thiophene rings is 1. The van der Waals surface area contributed by atoms with E-state index in [1.807, 2.05) is 0 Å². The summed E-state index contributed by atoms with van der Waals surface area (Å²) >= 11 is 3.09. The largest absolute Gasteiger partial charge is 0.461 e. The molecule has 1 fully saturated rings. The van der Waals surface area contributed by atoms with Gasteiger partial charge in [0.2, 0.25) is 11.0 Å². The molecule has 11 heteroatoms. The van der Waals surface area contributed by atoms with Crippen LogP contribution < -0.4 is 5.84 Å². The average molecular weight is 444 g/mol. The molecule has 5 rings (SSSR count). The van der Waals surface area contributed by atoms with E-state index < -0.39 is 0 Å². The maximum Gasteiger partial charge on any atom is 0.218 e. The van der Waals surface area contributed by atoms with Crippen molar-refractivity contribution in [2.45, 2.75) is 30.6 Å². The van der Waals surface area contributed by atoms with Gasteiger partial charge in [0, 0.05) is 23.4 Å². The van der Waals surface area contributed by atoms with Crippen molar-refractivity contribution in [3.63, 3.8) is 0 Å². The molecule has 1 aliphatic heterocycles. The summed E-state index contributed by atoms with van der Waals surface area (Å²) in [6.07, 6.45) is 1.58. The van der Waals surface area contributed by atoms with Crippen LogP contribution in [0.4, 0.5) is 0 Å². The smallest absolute Gasteiger partial charge is 0.218 e. The summed E-state index contributed by atoms with van der Waals surface area (Å²) < 4.78 is 12.3. The van der Waals surface area contributed by atoms with E-state index in [9.17, 15) is 0 Å². The van der Waals surface area contributed by atoms with Gasteiger partial charge in [0.15, 0.2) is 5.76 Å². The van der Waals surface area contributed by atoms with E-state index in [0.717, 1.165) is 47.4 Å². The van der Waals surface area contributed by atoms with Crippen molar-refractivity contribution in [1.29, 1.82) is 0 Å². The van der Waals surface area contributed by atoms with E-state index >= 15 is 0 Å². The molecule has 0 radical (unpaired) electrons. The van der Waals surface area contributed by atoms with Crippen LogP contribution in [0.15, 0.2) is 33.0 Å². The molecule has 9 nitrogen and oxygen atoms in total. The molecule has 1 saturated heterocycles. The topological polar surface area (TPSA) is 108 Å². The van der Waals surface area contributed by atoms with Crippen molar-refractivity contribution in [3.05, 3.63) is 34.7 Å². The molecule has 5 heterocycles. The number of nitrogens with zero attached hydrogens (tertiary/aromatic N) is 6. The lowest BCUT2D eigenvalue weighted by Gasteiger charge is -2.25. The number of hydrogen-bond donors (Lipinski definition) is 1. The van der Waals surface area contributed by atoms with Gasteiger partial charge in [-0.2, -0.15) is 0 Å². The Morgan fingerprint density at radius 3 is 2.80 bits per heavy atom. The molecule has 0 aliphatic carbocycles. The predicted molar refractivity (Wildman–Crippen MR) is 115 cm³/mol. The van der Waals surface area contributed by atoms with Crippen LogP contribution in [0.2, 0.25) is 0 Å². The quantitative estimate of drug-likeness (QED) is 0.368. The Hall–Kier alpha value is -2.47. The van der Waals surface area contributed by atoms with E-state index in [-0.39, 0.29) is 0 Å². The van der Waals surface area contributed by atoms with Crippen LogP contribution in [-0.2, 0) is 11.3 Å². The summed E-state index contributed by atoms with van der Waals surface area (Å²) in [5.41, 5.74) is 1.18. The minimum absolute atomic E-state index is 0.472. The second kappa shape index (κ2) is 7.99. The number of furan rings is 1. The van der Waals surface area contributed by atoms with E-state index in [1.54, 1.807) is 29.7 Å². The molecule has 0 spiro atoms. The lowest BCUT2D eigenvalue weighted by Crippen LogP contribution is -2.36. The zero-order valence-corrected chi connectivity index (χ0v) is 18.3. The number of morpholine rings is 1. The van der Waals surface area contributed by atoms with Crippen LogP contribution in [0.1, 0.15) is 16.3 Å². The zero-order valence-electron chi connectivity index (χ0n) is 16.7.